The molecule has 0 radical (unpaired) electrons. The Balaban J connectivity index is 1.87. The van der Waals surface area contributed by atoms with Crippen LogP contribution in [-0.2, 0) is 0 Å². The van der Waals surface area contributed by atoms with Crippen LogP contribution in [0.15, 0.2) is 47.7 Å². The van der Waals surface area contributed by atoms with E-state index in [9.17, 15) is 10.1 Å². The second kappa shape index (κ2) is 9.15. The van der Waals surface area contributed by atoms with Crippen LogP contribution in [0.25, 0.3) is 21.9 Å². The first kappa shape index (κ1) is 22.7. The van der Waals surface area contributed by atoms with Crippen LogP contribution in [0.1, 0.15) is 44.1 Å². The number of ether oxygens (including phenoxy) is 1. The van der Waals surface area contributed by atoms with Gasteiger partial charge in [0.1, 0.15) is 17.5 Å². The summed E-state index contributed by atoms with van der Waals surface area (Å²) in [7, 11) is 1.50. The molecular formula is C24H24N8O2. The summed E-state index contributed by atoms with van der Waals surface area (Å²) >= 11 is 0. The fourth-order valence-corrected chi connectivity index (χ4v) is 3.93. The standard InChI is InChI=1S/C24H24N8O2/c1-13(2)32-19(14(3)30-21-16(9-25)10-27-23(26)31-21)8-15-6-5-7-18(20(15)22(32)33)17-11-28-24(34-4)29-12-17/h5-8,10-14H,1-4H3,(H3,26,27,30,31). The lowest BCUT2D eigenvalue weighted by molar-refractivity contribution is 0.380. The molecule has 0 saturated carbocycles. The Labute approximate surface area is 196 Å². The van der Waals surface area contributed by atoms with Crippen molar-refractivity contribution in [2.75, 3.05) is 18.2 Å². The van der Waals surface area contributed by atoms with E-state index in [1.165, 1.54) is 13.3 Å². The van der Waals surface area contributed by atoms with Gasteiger partial charge in [0.15, 0.2) is 0 Å². The third kappa shape index (κ3) is 4.11. The quantitative estimate of drug-likeness (QED) is 0.445. The lowest BCUT2D eigenvalue weighted by Crippen LogP contribution is -2.28. The number of fused-ring (bicyclic) bond motifs is 1. The number of anilines is 2. The molecule has 0 aliphatic rings. The van der Waals surface area contributed by atoms with Crippen LogP contribution >= 0.6 is 0 Å². The van der Waals surface area contributed by atoms with E-state index >= 15 is 0 Å². The summed E-state index contributed by atoms with van der Waals surface area (Å²) in [4.78, 5) is 30.2. The molecule has 10 heteroatoms. The minimum absolute atomic E-state index is 0.0554. The molecule has 3 N–H and O–H groups in total. The fourth-order valence-electron chi connectivity index (χ4n) is 3.93. The minimum atomic E-state index is -0.353. The van der Waals surface area contributed by atoms with Crippen molar-refractivity contribution in [2.24, 2.45) is 0 Å². The number of rotatable bonds is 6. The molecule has 0 saturated heterocycles. The molecule has 0 fully saturated rings. The van der Waals surface area contributed by atoms with E-state index in [2.05, 4.69) is 31.3 Å². The van der Waals surface area contributed by atoms with Gasteiger partial charge < -0.3 is 20.4 Å². The summed E-state index contributed by atoms with van der Waals surface area (Å²) in [6.45, 7) is 5.80. The zero-order valence-corrected chi connectivity index (χ0v) is 19.3. The van der Waals surface area contributed by atoms with Crippen LogP contribution < -0.4 is 21.3 Å². The van der Waals surface area contributed by atoms with Crippen molar-refractivity contribution in [2.45, 2.75) is 32.9 Å². The van der Waals surface area contributed by atoms with Crippen molar-refractivity contribution >= 4 is 22.5 Å². The summed E-state index contributed by atoms with van der Waals surface area (Å²) in [5, 5.41) is 14.0. The maximum Gasteiger partial charge on any atom is 0.316 e. The van der Waals surface area contributed by atoms with E-state index in [0.29, 0.717) is 16.8 Å². The molecule has 1 unspecified atom stereocenters. The van der Waals surface area contributed by atoms with Gasteiger partial charge >= 0.3 is 6.01 Å². The Kier molecular flexibility index (Phi) is 6.10. The summed E-state index contributed by atoms with van der Waals surface area (Å²) in [6.07, 6.45) is 4.65. The van der Waals surface area contributed by atoms with Gasteiger partial charge in [-0.3, -0.25) is 4.79 Å². The Bertz CT molecular complexity index is 1460. The molecule has 34 heavy (non-hydrogen) atoms. The first-order valence-electron chi connectivity index (χ1n) is 10.7. The van der Waals surface area contributed by atoms with E-state index < -0.39 is 0 Å². The average Bonchev–Trinajstić information content (AvgIpc) is 2.83. The van der Waals surface area contributed by atoms with Crippen LogP contribution in [0.3, 0.4) is 0 Å². The van der Waals surface area contributed by atoms with Gasteiger partial charge in [0, 0.05) is 29.7 Å². The second-order valence-corrected chi connectivity index (χ2v) is 8.03. The third-order valence-corrected chi connectivity index (χ3v) is 5.47. The normalized spacial score (nSPS) is 11.9. The van der Waals surface area contributed by atoms with E-state index in [-0.39, 0.29) is 35.2 Å². The molecule has 0 aliphatic carbocycles. The first-order valence-corrected chi connectivity index (χ1v) is 10.7. The molecule has 172 valence electrons. The van der Waals surface area contributed by atoms with E-state index in [1.54, 1.807) is 17.0 Å². The van der Waals surface area contributed by atoms with Gasteiger partial charge in [0.05, 0.1) is 24.7 Å². The zero-order chi connectivity index (χ0) is 24.4. The van der Waals surface area contributed by atoms with Crippen molar-refractivity contribution in [1.29, 1.82) is 5.26 Å². The monoisotopic (exact) mass is 456 g/mol. The molecule has 4 aromatic rings. The lowest BCUT2D eigenvalue weighted by Gasteiger charge is -2.24. The largest absolute Gasteiger partial charge is 0.467 e. The molecule has 10 nitrogen and oxygen atoms in total. The number of hydrogen-bond donors (Lipinski definition) is 2. The van der Waals surface area contributed by atoms with Crippen LogP contribution in [0.4, 0.5) is 11.8 Å². The Morgan fingerprint density at radius 1 is 1.15 bits per heavy atom. The van der Waals surface area contributed by atoms with E-state index in [0.717, 1.165) is 16.6 Å². The van der Waals surface area contributed by atoms with Crippen molar-refractivity contribution < 1.29 is 4.74 Å². The number of hydrogen-bond acceptors (Lipinski definition) is 9. The number of benzene rings is 1. The molecule has 0 amide bonds. The Hall–Kier alpha value is -4.52. The van der Waals surface area contributed by atoms with Crippen molar-refractivity contribution in [3.8, 4) is 23.2 Å². The lowest BCUT2D eigenvalue weighted by atomic mass is 9.99. The Morgan fingerprint density at radius 3 is 2.53 bits per heavy atom. The van der Waals surface area contributed by atoms with Gasteiger partial charge in [-0.05, 0) is 37.8 Å². The van der Waals surface area contributed by atoms with Crippen molar-refractivity contribution in [1.82, 2.24) is 24.5 Å². The van der Waals surface area contributed by atoms with Crippen LogP contribution in [0, 0.1) is 11.3 Å². The smallest absolute Gasteiger partial charge is 0.316 e. The number of nitrogens with zero attached hydrogens (tertiary/aromatic N) is 6. The maximum atomic E-state index is 13.8. The highest BCUT2D eigenvalue weighted by Crippen LogP contribution is 2.30. The van der Waals surface area contributed by atoms with E-state index in [4.69, 9.17) is 10.5 Å². The number of methoxy groups -OCH3 is 1. The third-order valence-electron chi connectivity index (χ3n) is 5.47. The van der Waals surface area contributed by atoms with Gasteiger partial charge in [-0.2, -0.15) is 10.2 Å². The predicted octanol–water partition coefficient (Wildman–Crippen LogP) is 3.46. The maximum absolute atomic E-state index is 13.8. The summed E-state index contributed by atoms with van der Waals surface area (Å²) in [5.41, 5.74) is 8.05. The molecule has 1 atom stereocenters. The zero-order valence-electron chi connectivity index (χ0n) is 19.3. The Morgan fingerprint density at radius 2 is 1.88 bits per heavy atom. The van der Waals surface area contributed by atoms with Crippen LogP contribution in [0.2, 0.25) is 0 Å². The van der Waals surface area contributed by atoms with Crippen molar-refractivity contribution in [3.05, 3.63) is 64.5 Å². The highest BCUT2D eigenvalue weighted by Gasteiger charge is 2.20. The van der Waals surface area contributed by atoms with Crippen LogP contribution in [-0.4, -0.2) is 31.6 Å². The van der Waals surface area contributed by atoms with Crippen LogP contribution in [0.5, 0.6) is 6.01 Å². The summed E-state index contributed by atoms with van der Waals surface area (Å²) in [6, 6.07) is 9.48. The number of nitrogens with two attached hydrogens (primary N) is 1. The number of nitriles is 1. The molecule has 4 rings (SSSR count). The van der Waals surface area contributed by atoms with Gasteiger partial charge in [-0.1, -0.05) is 18.2 Å². The van der Waals surface area contributed by atoms with Gasteiger partial charge in [-0.15, -0.1) is 0 Å². The molecular weight excluding hydrogens is 432 g/mol. The highest BCUT2D eigenvalue weighted by molar-refractivity contribution is 5.96. The molecule has 1 aromatic carbocycles. The summed E-state index contributed by atoms with van der Waals surface area (Å²) < 4.78 is 6.79. The number of nitrogen functional groups attached to an aromatic ring is 1. The molecule has 3 heterocycles. The number of nitrogens with one attached hydrogen (secondary N) is 1. The van der Waals surface area contributed by atoms with Gasteiger partial charge in [0.2, 0.25) is 5.95 Å². The van der Waals surface area contributed by atoms with Gasteiger partial charge in [0.25, 0.3) is 5.56 Å². The highest BCUT2D eigenvalue weighted by atomic mass is 16.5. The SMILES string of the molecule is COc1ncc(-c2cccc3cc(C(C)Nc4nc(N)ncc4C#N)n(C(C)C)c(=O)c23)cn1. The fraction of sp³-hybridized carbons (Fsp3) is 0.250. The molecule has 0 aliphatic heterocycles. The topological polar surface area (TPSA) is 145 Å². The minimum Gasteiger partial charge on any atom is -0.467 e. The predicted molar refractivity (Wildman–Crippen MR) is 129 cm³/mol. The first-order chi connectivity index (χ1) is 16.3. The van der Waals surface area contributed by atoms with Gasteiger partial charge in [-0.25, -0.2) is 15.0 Å². The molecule has 0 spiro atoms. The second-order valence-electron chi connectivity index (χ2n) is 8.03. The van der Waals surface area contributed by atoms with Crippen molar-refractivity contribution in [3.63, 3.8) is 0 Å². The molecule has 0 bridgehead atoms. The summed E-state index contributed by atoms with van der Waals surface area (Å²) in [5.74, 6) is 0.370. The van der Waals surface area contributed by atoms with E-state index in [1.807, 2.05) is 45.0 Å². The number of aromatic nitrogens is 5. The average molecular weight is 457 g/mol. The molecule has 3 aromatic heterocycles. The number of pyridine rings is 1.